The van der Waals surface area contributed by atoms with Crippen LogP contribution in [-0.2, 0) is 14.3 Å². The lowest BCUT2D eigenvalue weighted by atomic mass is 10.0. The van der Waals surface area contributed by atoms with E-state index in [2.05, 4.69) is 15.3 Å². The normalized spacial score (nSPS) is 26.4. The van der Waals surface area contributed by atoms with E-state index in [4.69, 9.17) is 19.4 Å². The number of hydrogen-bond acceptors (Lipinski definition) is 10. The van der Waals surface area contributed by atoms with Crippen molar-refractivity contribution < 1.29 is 14.3 Å². The highest BCUT2D eigenvalue weighted by Gasteiger charge is 2.60. The number of aryl methyl sites for hydroxylation is 2. The first-order valence-corrected chi connectivity index (χ1v) is 12.6. The van der Waals surface area contributed by atoms with Gasteiger partial charge in [0.25, 0.3) is 0 Å². The number of rotatable bonds is 5. The third-order valence-corrected chi connectivity index (χ3v) is 7.58. The minimum atomic E-state index is -0.839. The standard InChI is InChI=1S/C22H25N5O3S2/c1-11-15(19-25-16-12(2)23-9-7-14(16)32-19)18(26-20(24-11)31-5)27-22-8-6-13(10-28)17(22)29-21(3,4)30-22/h7,9-10,13,17H,6,8H2,1-5H3,(H,24,26,27). The minimum Gasteiger partial charge on any atom is -0.341 e. The molecular formula is C22H25N5O3S2. The van der Waals surface area contributed by atoms with Gasteiger partial charge in [0.2, 0.25) is 0 Å². The van der Waals surface area contributed by atoms with Crippen LogP contribution in [0.5, 0.6) is 0 Å². The summed E-state index contributed by atoms with van der Waals surface area (Å²) in [4.78, 5) is 30.5. The minimum absolute atomic E-state index is 0.230. The van der Waals surface area contributed by atoms with Crippen molar-refractivity contribution in [1.82, 2.24) is 19.9 Å². The van der Waals surface area contributed by atoms with E-state index in [1.807, 2.05) is 40.0 Å². The van der Waals surface area contributed by atoms with Crippen LogP contribution in [0.1, 0.15) is 38.1 Å². The predicted octanol–water partition coefficient (Wildman–Crippen LogP) is 4.36. The molecule has 3 unspecified atom stereocenters. The molecular weight excluding hydrogens is 446 g/mol. The molecule has 3 aromatic rings. The Balaban J connectivity index is 1.64. The second kappa shape index (κ2) is 7.72. The SMILES string of the molecule is CSc1nc(C)c(-c2nc3c(C)nccc3s2)c(NC23CCC(C=O)C2OC(C)(C)O3)n1. The Morgan fingerprint density at radius 3 is 2.78 bits per heavy atom. The number of anilines is 1. The molecule has 0 aromatic carbocycles. The number of thioether (sulfide) groups is 1. The van der Waals surface area contributed by atoms with Crippen molar-refractivity contribution in [2.45, 2.75) is 63.3 Å². The molecule has 0 spiro atoms. The van der Waals surface area contributed by atoms with E-state index in [1.54, 1.807) is 17.5 Å². The molecule has 8 nitrogen and oxygen atoms in total. The van der Waals surface area contributed by atoms with Crippen LogP contribution in [0.3, 0.4) is 0 Å². The zero-order valence-electron chi connectivity index (χ0n) is 18.6. The predicted molar refractivity (Wildman–Crippen MR) is 125 cm³/mol. The summed E-state index contributed by atoms with van der Waals surface area (Å²) in [5.74, 6) is -0.390. The largest absolute Gasteiger partial charge is 0.341 e. The number of fused-ring (bicyclic) bond motifs is 2. The van der Waals surface area contributed by atoms with Gasteiger partial charge in [0.1, 0.15) is 28.7 Å². The maximum Gasteiger partial charge on any atom is 0.189 e. The zero-order valence-corrected chi connectivity index (χ0v) is 20.3. The number of carbonyl (C=O) groups is 1. The number of pyridine rings is 1. The van der Waals surface area contributed by atoms with E-state index < -0.39 is 17.6 Å². The quantitative estimate of drug-likeness (QED) is 0.331. The van der Waals surface area contributed by atoms with Crippen molar-refractivity contribution in [2.24, 2.45) is 5.92 Å². The number of carbonyl (C=O) groups excluding carboxylic acids is 1. The van der Waals surface area contributed by atoms with Crippen molar-refractivity contribution >= 4 is 45.4 Å². The molecule has 1 N–H and O–H groups in total. The van der Waals surface area contributed by atoms with Crippen LogP contribution in [0.4, 0.5) is 5.82 Å². The van der Waals surface area contributed by atoms with Gasteiger partial charge in [-0.05, 0) is 52.9 Å². The number of ether oxygens (including phenoxy) is 2. The summed E-state index contributed by atoms with van der Waals surface area (Å²) >= 11 is 3.06. The lowest BCUT2D eigenvalue weighted by molar-refractivity contribution is -0.167. The van der Waals surface area contributed by atoms with E-state index >= 15 is 0 Å². The van der Waals surface area contributed by atoms with E-state index in [0.29, 0.717) is 23.8 Å². The first-order valence-electron chi connectivity index (χ1n) is 10.5. The van der Waals surface area contributed by atoms with E-state index in [-0.39, 0.29) is 5.92 Å². The third kappa shape index (κ3) is 3.49. The molecule has 4 heterocycles. The maximum absolute atomic E-state index is 11.7. The Labute approximate surface area is 194 Å². The first kappa shape index (κ1) is 21.7. The van der Waals surface area contributed by atoms with Gasteiger partial charge in [-0.2, -0.15) is 0 Å². The molecule has 0 amide bonds. The molecule has 0 radical (unpaired) electrons. The summed E-state index contributed by atoms with van der Waals surface area (Å²) in [7, 11) is 0. The molecule has 2 fully saturated rings. The molecule has 5 rings (SSSR count). The highest BCUT2D eigenvalue weighted by atomic mass is 32.2. The topological polar surface area (TPSA) is 99.1 Å². The van der Waals surface area contributed by atoms with E-state index in [0.717, 1.165) is 38.5 Å². The van der Waals surface area contributed by atoms with Gasteiger partial charge in [-0.1, -0.05) is 11.8 Å². The number of nitrogens with one attached hydrogen (secondary N) is 1. The highest BCUT2D eigenvalue weighted by Crippen LogP contribution is 2.50. The molecule has 1 aliphatic heterocycles. The fourth-order valence-corrected chi connectivity index (χ4v) is 6.18. The Bertz CT molecular complexity index is 1210. The van der Waals surface area contributed by atoms with Crippen LogP contribution >= 0.6 is 23.1 Å². The van der Waals surface area contributed by atoms with Gasteiger partial charge in [0, 0.05) is 12.1 Å². The van der Waals surface area contributed by atoms with Crippen LogP contribution in [0.2, 0.25) is 0 Å². The van der Waals surface area contributed by atoms with Gasteiger partial charge < -0.3 is 19.6 Å². The van der Waals surface area contributed by atoms with Crippen LogP contribution in [0.15, 0.2) is 17.4 Å². The molecule has 1 saturated heterocycles. The van der Waals surface area contributed by atoms with Gasteiger partial charge in [0.05, 0.1) is 21.7 Å². The molecule has 32 heavy (non-hydrogen) atoms. The van der Waals surface area contributed by atoms with Gasteiger partial charge in [-0.15, -0.1) is 11.3 Å². The summed E-state index contributed by atoms with van der Waals surface area (Å²) in [6.45, 7) is 7.67. The van der Waals surface area contributed by atoms with E-state index in [9.17, 15) is 4.79 Å². The van der Waals surface area contributed by atoms with Crippen molar-refractivity contribution in [2.75, 3.05) is 11.6 Å². The van der Waals surface area contributed by atoms with Gasteiger partial charge >= 0.3 is 0 Å². The summed E-state index contributed by atoms with van der Waals surface area (Å²) < 4.78 is 13.6. The molecule has 3 aromatic heterocycles. The third-order valence-electron chi connectivity index (χ3n) is 6.00. The highest BCUT2D eigenvalue weighted by molar-refractivity contribution is 7.98. The molecule has 1 aliphatic carbocycles. The van der Waals surface area contributed by atoms with Gasteiger partial charge in [-0.25, -0.2) is 15.0 Å². The molecule has 168 valence electrons. The first-order chi connectivity index (χ1) is 15.2. The fraction of sp³-hybridized carbons (Fsp3) is 0.500. The summed E-state index contributed by atoms with van der Waals surface area (Å²) in [6, 6.07) is 1.97. The average molecular weight is 472 g/mol. The molecule has 1 saturated carbocycles. The van der Waals surface area contributed by atoms with Crippen molar-refractivity contribution in [3.63, 3.8) is 0 Å². The van der Waals surface area contributed by atoms with Crippen molar-refractivity contribution in [3.8, 4) is 10.6 Å². The number of nitrogens with zero attached hydrogens (tertiary/aromatic N) is 4. The second-order valence-corrected chi connectivity index (χ2v) is 10.5. The fourth-order valence-electron chi connectivity index (χ4n) is 4.65. The monoisotopic (exact) mass is 471 g/mol. The van der Waals surface area contributed by atoms with Gasteiger partial charge in [-0.3, -0.25) is 4.98 Å². The second-order valence-electron chi connectivity index (χ2n) is 8.67. The molecule has 10 heteroatoms. The lowest BCUT2D eigenvalue weighted by Crippen LogP contribution is -2.46. The van der Waals surface area contributed by atoms with Crippen LogP contribution in [-0.4, -0.2) is 50.1 Å². The van der Waals surface area contributed by atoms with Gasteiger partial charge in [0.15, 0.2) is 16.7 Å². The smallest absolute Gasteiger partial charge is 0.189 e. The summed E-state index contributed by atoms with van der Waals surface area (Å²) in [5, 5.41) is 5.03. The Kier molecular flexibility index (Phi) is 5.23. The summed E-state index contributed by atoms with van der Waals surface area (Å²) in [5.41, 5.74) is 2.59. The number of thiazole rings is 1. The number of aldehydes is 1. The van der Waals surface area contributed by atoms with Crippen molar-refractivity contribution in [3.05, 3.63) is 23.7 Å². The van der Waals surface area contributed by atoms with Crippen LogP contribution < -0.4 is 5.32 Å². The average Bonchev–Trinajstić information content (AvgIpc) is 3.37. The number of hydrogen-bond donors (Lipinski definition) is 1. The molecule has 3 atom stereocenters. The maximum atomic E-state index is 11.7. The van der Waals surface area contributed by atoms with E-state index in [1.165, 1.54) is 11.8 Å². The zero-order chi connectivity index (χ0) is 22.7. The van der Waals surface area contributed by atoms with Crippen LogP contribution in [0.25, 0.3) is 20.8 Å². The van der Waals surface area contributed by atoms with Crippen LogP contribution in [0, 0.1) is 19.8 Å². The Morgan fingerprint density at radius 2 is 2.06 bits per heavy atom. The molecule has 0 bridgehead atoms. The van der Waals surface area contributed by atoms with Crippen molar-refractivity contribution in [1.29, 1.82) is 0 Å². The lowest BCUT2D eigenvalue weighted by Gasteiger charge is -2.31. The molecule has 2 aliphatic rings. The Morgan fingerprint density at radius 1 is 1.25 bits per heavy atom. The Hall–Kier alpha value is -2.14. The summed E-state index contributed by atoms with van der Waals surface area (Å²) in [6.07, 6.45) is 5.66. The number of aromatic nitrogens is 4.